The summed E-state index contributed by atoms with van der Waals surface area (Å²) in [4.78, 5) is 18.9. The van der Waals surface area contributed by atoms with Gasteiger partial charge in [0.2, 0.25) is 0 Å². The summed E-state index contributed by atoms with van der Waals surface area (Å²) in [5.74, 6) is -1.17. The maximum atomic E-state index is 13.7. The first-order chi connectivity index (χ1) is 17.4. The van der Waals surface area contributed by atoms with Crippen LogP contribution in [0.5, 0.6) is 0 Å². The molecule has 0 unspecified atom stereocenters. The van der Waals surface area contributed by atoms with Gasteiger partial charge in [0.15, 0.2) is 0 Å². The van der Waals surface area contributed by atoms with Crippen LogP contribution in [0.25, 0.3) is 11.1 Å². The quantitative estimate of drug-likeness (QED) is 0.375. The normalized spacial score (nSPS) is 18.3. The third-order valence-electron chi connectivity index (χ3n) is 6.35. The van der Waals surface area contributed by atoms with Crippen molar-refractivity contribution in [1.29, 1.82) is 0 Å². The number of benzene rings is 1. The van der Waals surface area contributed by atoms with Gasteiger partial charge in [0.1, 0.15) is 11.6 Å². The summed E-state index contributed by atoms with van der Waals surface area (Å²) >= 11 is 0. The predicted molar refractivity (Wildman–Crippen MR) is 131 cm³/mol. The van der Waals surface area contributed by atoms with Gasteiger partial charge < -0.3 is 10.4 Å². The lowest BCUT2D eigenvalue weighted by molar-refractivity contribution is -0.142. The summed E-state index contributed by atoms with van der Waals surface area (Å²) in [6.45, 7) is 1.67. The molecule has 0 spiro atoms. The molecule has 3 N–H and O–H groups in total. The zero-order chi connectivity index (χ0) is 26.8. The minimum Gasteiger partial charge on any atom is -0.481 e. The standard InChI is InChI=1S/C25H25F3N4O4S/c1-15-4-2-3-5-19(15)20-13-23(30-14-21(20)25(26,27)28)32-37(35,36)18-10-11-29-22(12-18)31-17-8-6-16(7-9-17)24(33)34/h2-5,10-14,16-17H,6-9H2,1H3,(H,29,31)(H,30,32)(H,33,34). The van der Waals surface area contributed by atoms with E-state index in [0.717, 1.165) is 6.07 Å². The minimum absolute atomic E-state index is 0.0535. The first kappa shape index (κ1) is 26.4. The minimum atomic E-state index is -4.68. The SMILES string of the molecule is Cc1ccccc1-c1cc(NS(=O)(=O)c2ccnc(NC3CCC(C(=O)O)CC3)c2)ncc1C(F)(F)F. The Morgan fingerprint density at radius 2 is 1.70 bits per heavy atom. The van der Waals surface area contributed by atoms with Crippen molar-refractivity contribution in [2.24, 2.45) is 5.92 Å². The first-order valence-corrected chi connectivity index (χ1v) is 13.0. The number of aryl methyl sites for hydroxylation is 1. The van der Waals surface area contributed by atoms with Crippen LogP contribution < -0.4 is 10.0 Å². The molecule has 1 fully saturated rings. The lowest BCUT2D eigenvalue weighted by Crippen LogP contribution is -2.29. The number of carboxylic acid groups (broad SMARTS) is 1. The molecule has 0 radical (unpaired) electrons. The van der Waals surface area contributed by atoms with Gasteiger partial charge in [-0.25, -0.2) is 18.4 Å². The Hall–Kier alpha value is -3.67. The molecule has 0 amide bonds. The summed E-state index contributed by atoms with van der Waals surface area (Å²) in [7, 11) is -4.21. The summed E-state index contributed by atoms with van der Waals surface area (Å²) in [6.07, 6.45) is -0.538. The van der Waals surface area contributed by atoms with Crippen LogP contribution in [0.4, 0.5) is 24.8 Å². The van der Waals surface area contributed by atoms with E-state index in [2.05, 4.69) is 20.0 Å². The molecule has 8 nitrogen and oxygen atoms in total. The van der Waals surface area contributed by atoms with E-state index >= 15 is 0 Å². The molecule has 0 atom stereocenters. The van der Waals surface area contributed by atoms with Gasteiger partial charge >= 0.3 is 12.1 Å². The predicted octanol–water partition coefficient (Wildman–Crippen LogP) is 5.33. The molecule has 0 saturated heterocycles. The molecule has 1 aromatic carbocycles. The molecule has 1 aliphatic carbocycles. The van der Waals surface area contributed by atoms with E-state index in [1.165, 1.54) is 24.4 Å². The monoisotopic (exact) mass is 534 g/mol. The smallest absolute Gasteiger partial charge is 0.418 e. The van der Waals surface area contributed by atoms with Crippen molar-refractivity contribution in [1.82, 2.24) is 9.97 Å². The van der Waals surface area contributed by atoms with Gasteiger partial charge in [-0.2, -0.15) is 13.2 Å². The van der Waals surface area contributed by atoms with Crippen molar-refractivity contribution < 1.29 is 31.5 Å². The molecular weight excluding hydrogens is 509 g/mol. The Balaban J connectivity index is 1.57. The molecule has 196 valence electrons. The van der Waals surface area contributed by atoms with Gasteiger partial charge in [-0.05, 0) is 61.4 Å². The highest BCUT2D eigenvalue weighted by Crippen LogP contribution is 2.39. The second-order valence-corrected chi connectivity index (χ2v) is 10.6. The Labute approximate surface area is 212 Å². The van der Waals surface area contributed by atoms with E-state index in [4.69, 9.17) is 5.11 Å². The number of sulfonamides is 1. The summed E-state index contributed by atoms with van der Waals surface area (Å²) in [5, 5.41) is 12.3. The molecule has 4 rings (SSSR count). The number of aliphatic carboxylic acids is 1. The number of nitrogens with one attached hydrogen (secondary N) is 2. The lowest BCUT2D eigenvalue weighted by atomic mass is 9.86. The fourth-order valence-corrected chi connectivity index (χ4v) is 5.39. The average molecular weight is 535 g/mol. The topological polar surface area (TPSA) is 121 Å². The lowest BCUT2D eigenvalue weighted by Gasteiger charge is -2.27. The number of carbonyl (C=O) groups is 1. The molecule has 1 saturated carbocycles. The summed E-state index contributed by atoms with van der Waals surface area (Å²) in [5.41, 5.74) is -0.258. The van der Waals surface area contributed by atoms with Crippen LogP contribution in [-0.2, 0) is 21.0 Å². The van der Waals surface area contributed by atoms with Crippen LogP contribution in [0, 0.1) is 12.8 Å². The van der Waals surface area contributed by atoms with Crippen molar-refractivity contribution in [2.45, 2.75) is 49.7 Å². The van der Waals surface area contributed by atoms with Crippen molar-refractivity contribution in [3.63, 3.8) is 0 Å². The molecular formula is C25H25F3N4O4S. The van der Waals surface area contributed by atoms with Crippen LogP contribution in [0.15, 0.2) is 59.8 Å². The van der Waals surface area contributed by atoms with E-state index < -0.39 is 27.7 Å². The zero-order valence-corrected chi connectivity index (χ0v) is 20.6. The van der Waals surface area contributed by atoms with E-state index in [-0.39, 0.29) is 28.2 Å². The average Bonchev–Trinajstić information content (AvgIpc) is 2.84. The number of rotatable bonds is 7. The van der Waals surface area contributed by atoms with Crippen molar-refractivity contribution in [3.05, 3.63) is 66.0 Å². The van der Waals surface area contributed by atoms with E-state index in [9.17, 15) is 26.4 Å². The Morgan fingerprint density at radius 3 is 2.35 bits per heavy atom. The van der Waals surface area contributed by atoms with E-state index in [0.29, 0.717) is 48.8 Å². The fourth-order valence-electron chi connectivity index (χ4n) is 4.38. The number of anilines is 2. The molecule has 2 heterocycles. The number of aromatic nitrogens is 2. The number of halogens is 3. The van der Waals surface area contributed by atoms with Gasteiger partial charge in [-0.1, -0.05) is 24.3 Å². The van der Waals surface area contributed by atoms with Gasteiger partial charge in [-0.15, -0.1) is 0 Å². The fraction of sp³-hybridized carbons (Fsp3) is 0.320. The zero-order valence-electron chi connectivity index (χ0n) is 19.8. The summed E-state index contributed by atoms with van der Waals surface area (Å²) in [6, 6.07) is 10.1. The highest BCUT2D eigenvalue weighted by molar-refractivity contribution is 7.92. The van der Waals surface area contributed by atoms with Crippen molar-refractivity contribution in [3.8, 4) is 11.1 Å². The second-order valence-electron chi connectivity index (χ2n) is 8.94. The number of carboxylic acids is 1. The van der Waals surface area contributed by atoms with Gasteiger partial charge in [0.25, 0.3) is 10.0 Å². The second kappa shape index (κ2) is 10.4. The van der Waals surface area contributed by atoms with Gasteiger partial charge in [-0.3, -0.25) is 9.52 Å². The maximum absolute atomic E-state index is 13.7. The van der Waals surface area contributed by atoms with Crippen molar-refractivity contribution >= 4 is 27.6 Å². The third-order valence-corrected chi connectivity index (χ3v) is 7.71. The van der Waals surface area contributed by atoms with Crippen LogP contribution in [-0.4, -0.2) is 35.5 Å². The maximum Gasteiger partial charge on any atom is 0.418 e. The summed E-state index contributed by atoms with van der Waals surface area (Å²) < 4.78 is 69.4. The Kier molecular flexibility index (Phi) is 7.39. The van der Waals surface area contributed by atoms with E-state index in [1.54, 1.807) is 25.1 Å². The number of pyridine rings is 2. The number of nitrogens with zero attached hydrogens (tertiary/aromatic N) is 2. The number of hydrogen-bond acceptors (Lipinski definition) is 6. The number of alkyl halides is 3. The molecule has 37 heavy (non-hydrogen) atoms. The Bertz CT molecular complexity index is 1410. The van der Waals surface area contributed by atoms with Crippen LogP contribution in [0.2, 0.25) is 0 Å². The first-order valence-electron chi connectivity index (χ1n) is 11.6. The molecule has 12 heteroatoms. The molecule has 0 aliphatic heterocycles. The van der Waals surface area contributed by atoms with Crippen LogP contribution >= 0.6 is 0 Å². The molecule has 2 aromatic heterocycles. The van der Waals surface area contributed by atoms with Crippen molar-refractivity contribution in [2.75, 3.05) is 10.0 Å². The third kappa shape index (κ3) is 6.19. The Morgan fingerprint density at radius 1 is 1.00 bits per heavy atom. The molecule has 3 aromatic rings. The molecule has 1 aliphatic rings. The van der Waals surface area contributed by atoms with Crippen LogP contribution in [0.3, 0.4) is 0 Å². The highest BCUT2D eigenvalue weighted by Gasteiger charge is 2.35. The largest absolute Gasteiger partial charge is 0.481 e. The van der Waals surface area contributed by atoms with E-state index in [1.807, 2.05) is 0 Å². The van der Waals surface area contributed by atoms with Gasteiger partial charge in [0, 0.05) is 24.5 Å². The molecule has 0 bridgehead atoms. The number of hydrogen-bond donors (Lipinski definition) is 3. The van der Waals surface area contributed by atoms with Crippen LogP contribution in [0.1, 0.15) is 36.8 Å². The highest BCUT2D eigenvalue weighted by atomic mass is 32.2. The van der Waals surface area contributed by atoms with Gasteiger partial charge in [0.05, 0.1) is 16.4 Å².